The average Bonchev–Trinajstić information content (AvgIpc) is 2.27. The van der Waals surface area contributed by atoms with E-state index in [0.717, 1.165) is 0 Å². The van der Waals surface area contributed by atoms with Gasteiger partial charge < -0.3 is 10.2 Å². The van der Waals surface area contributed by atoms with Crippen LogP contribution in [0.1, 0.15) is 13.8 Å². The van der Waals surface area contributed by atoms with Crippen LogP contribution < -0.4 is 21.5 Å². The standard InChI is InChI=1S/C10H18N6O/c1-7(2)13-9(17)6-16(3)8-4-5-12-10(14-8)15-11/h4-5,7H,6,11H2,1-3H3,(H,13,17)(H,12,14,15). The molecule has 7 heteroatoms. The maximum atomic E-state index is 11.6. The molecule has 4 N–H and O–H groups in total. The van der Waals surface area contributed by atoms with Crippen molar-refractivity contribution >= 4 is 17.7 Å². The first-order chi connectivity index (χ1) is 8.02. The van der Waals surface area contributed by atoms with E-state index >= 15 is 0 Å². The number of amides is 1. The van der Waals surface area contributed by atoms with Crippen LogP contribution in [-0.4, -0.2) is 35.5 Å². The SMILES string of the molecule is CC(C)NC(=O)CN(C)c1ccnc(NN)n1. The first-order valence-electron chi connectivity index (χ1n) is 5.33. The van der Waals surface area contributed by atoms with E-state index in [1.165, 1.54) is 0 Å². The van der Waals surface area contributed by atoms with E-state index in [1.54, 1.807) is 24.2 Å². The molecule has 0 fully saturated rings. The highest BCUT2D eigenvalue weighted by Gasteiger charge is 2.09. The maximum Gasteiger partial charge on any atom is 0.239 e. The number of hydrogen-bond donors (Lipinski definition) is 3. The molecule has 0 aromatic carbocycles. The molecule has 17 heavy (non-hydrogen) atoms. The number of aromatic nitrogens is 2. The fourth-order valence-corrected chi connectivity index (χ4v) is 1.30. The Morgan fingerprint density at radius 2 is 2.29 bits per heavy atom. The van der Waals surface area contributed by atoms with Gasteiger partial charge in [0.2, 0.25) is 11.9 Å². The topological polar surface area (TPSA) is 96.2 Å². The van der Waals surface area contributed by atoms with E-state index in [0.29, 0.717) is 11.8 Å². The van der Waals surface area contributed by atoms with Gasteiger partial charge in [0.15, 0.2) is 0 Å². The first-order valence-corrected chi connectivity index (χ1v) is 5.33. The van der Waals surface area contributed by atoms with Crippen molar-refractivity contribution < 1.29 is 4.79 Å². The van der Waals surface area contributed by atoms with Crippen LogP contribution in [0.4, 0.5) is 11.8 Å². The molecule has 1 aromatic heterocycles. The van der Waals surface area contributed by atoms with Crippen molar-refractivity contribution in [2.45, 2.75) is 19.9 Å². The largest absolute Gasteiger partial charge is 0.352 e. The molecule has 0 spiro atoms. The predicted octanol–water partition coefficient (Wildman–Crippen LogP) is -0.277. The second kappa shape index (κ2) is 6.00. The first kappa shape index (κ1) is 13.2. The highest BCUT2D eigenvalue weighted by molar-refractivity contribution is 5.81. The van der Waals surface area contributed by atoms with Crippen LogP contribution in [0.15, 0.2) is 12.3 Å². The van der Waals surface area contributed by atoms with Gasteiger partial charge in [-0.1, -0.05) is 0 Å². The lowest BCUT2D eigenvalue weighted by Gasteiger charge is -2.18. The van der Waals surface area contributed by atoms with Crippen LogP contribution in [0.25, 0.3) is 0 Å². The minimum absolute atomic E-state index is 0.0524. The molecule has 1 aromatic rings. The van der Waals surface area contributed by atoms with E-state index < -0.39 is 0 Å². The van der Waals surface area contributed by atoms with Gasteiger partial charge in [-0.15, -0.1) is 0 Å². The van der Waals surface area contributed by atoms with Gasteiger partial charge in [-0.3, -0.25) is 10.2 Å². The van der Waals surface area contributed by atoms with Crippen LogP contribution in [0.5, 0.6) is 0 Å². The Morgan fingerprint density at radius 1 is 1.59 bits per heavy atom. The monoisotopic (exact) mass is 238 g/mol. The Kier molecular flexibility index (Phi) is 4.65. The van der Waals surface area contributed by atoms with Crippen molar-refractivity contribution in [1.29, 1.82) is 0 Å². The van der Waals surface area contributed by atoms with Crippen molar-refractivity contribution in [1.82, 2.24) is 15.3 Å². The third-order valence-electron chi connectivity index (χ3n) is 1.99. The Morgan fingerprint density at radius 3 is 2.88 bits per heavy atom. The van der Waals surface area contributed by atoms with Crippen LogP contribution in [0, 0.1) is 0 Å². The Bertz CT molecular complexity index is 381. The van der Waals surface area contributed by atoms with Gasteiger partial charge in [0, 0.05) is 19.3 Å². The lowest BCUT2D eigenvalue weighted by Crippen LogP contribution is -2.38. The molecule has 0 saturated carbocycles. The summed E-state index contributed by atoms with van der Waals surface area (Å²) in [6, 6.07) is 1.84. The Labute approximate surface area is 100 Å². The molecule has 7 nitrogen and oxygen atoms in total. The van der Waals surface area contributed by atoms with Crippen molar-refractivity contribution in [3.63, 3.8) is 0 Å². The van der Waals surface area contributed by atoms with Crippen molar-refractivity contribution in [3.8, 4) is 0 Å². The summed E-state index contributed by atoms with van der Waals surface area (Å²) in [6.07, 6.45) is 1.58. The molecule has 1 amide bonds. The normalized spacial score (nSPS) is 10.2. The number of likely N-dealkylation sites (N-methyl/N-ethyl adjacent to an activating group) is 1. The number of hydrogen-bond acceptors (Lipinski definition) is 6. The second-order valence-electron chi connectivity index (χ2n) is 3.96. The molecule has 0 saturated heterocycles. The summed E-state index contributed by atoms with van der Waals surface area (Å²) in [7, 11) is 1.78. The minimum atomic E-state index is -0.0524. The van der Waals surface area contributed by atoms with E-state index in [4.69, 9.17) is 5.84 Å². The van der Waals surface area contributed by atoms with E-state index in [1.807, 2.05) is 13.8 Å². The molecule has 0 aliphatic rings. The lowest BCUT2D eigenvalue weighted by atomic mass is 10.4. The molecule has 0 unspecified atom stereocenters. The smallest absolute Gasteiger partial charge is 0.239 e. The zero-order valence-electron chi connectivity index (χ0n) is 10.3. The summed E-state index contributed by atoms with van der Waals surface area (Å²) in [5, 5.41) is 2.81. The lowest BCUT2D eigenvalue weighted by molar-refractivity contribution is -0.120. The van der Waals surface area contributed by atoms with Crippen molar-refractivity contribution in [2.75, 3.05) is 23.9 Å². The minimum Gasteiger partial charge on any atom is -0.352 e. The van der Waals surface area contributed by atoms with Gasteiger partial charge in [0.1, 0.15) is 5.82 Å². The Balaban J connectivity index is 2.62. The second-order valence-corrected chi connectivity index (χ2v) is 3.96. The predicted molar refractivity (Wildman–Crippen MR) is 66.4 cm³/mol. The number of nitrogen functional groups attached to an aromatic ring is 1. The third-order valence-corrected chi connectivity index (χ3v) is 1.99. The van der Waals surface area contributed by atoms with Gasteiger partial charge in [-0.2, -0.15) is 4.98 Å². The number of anilines is 2. The fourth-order valence-electron chi connectivity index (χ4n) is 1.30. The maximum absolute atomic E-state index is 11.6. The van der Waals surface area contributed by atoms with Crippen molar-refractivity contribution in [3.05, 3.63) is 12.3 Å². The van der Waals surface area contributed by atoms with Crippen LogP contribution >= 0.6 is 0 Å². The molecule has 0 radical (unpaired) electrons. The summed E-state index contributed by atoms with van der Waals surface area (Å²) in [5.41, 5.74) is 2.36. The zero-order chi connectivity index (χ0) is 12.8. The quantitative estimate of drug-likeness (QED) is 0.482. The van der Waals surface area contributed by atoms with Gasteiger partial charge in [-0.25, -0.2) is 10.8 Å². The average molecular weight is 238 g/mol. The molecule has 1 heterocycles. The third kappa shape index (κ3) is 4.23. The van der Waals surface area contributed by atoms with Crippen LogP contribution in [-0.2, 0) is 4.79 Å². The van der Waals surface area contributed by atoms with Crippen molar-refractivity contribution in [2.24, 2.45) is 5.84 Å². The van der Waals surface area contributed by atoms with Crippen LogP contribution in [0.3, 0.4) is 0 Å². The van der Waals surface area contributed by atoms with Gasteiger partial charge in [0.05, 0.1) is 6.54 Å². The summed E-state index contributed by atoms with van der Waals surface area (Å²) >= 11 is 0. The number of nitrogens with zero attached hydrogens (tertiary/aromatic N) is 3. The molecule has 0 bridgehead atoms. The number of carbonyl (C=O) groups excluding carboxylic acids is 1. The summed E-state index contributed by atoms with van der Waals surface area (Å²) < 4.78 is 0. The van der Waals surface area contributed by atoms with E-state index in [2.05, 4.69) is 20.7 Å². The number of hydrazine groups is 1. The van der Waals surface area contributed by atoms with Gasteiger partial charge in [0.25, 0.3) is 0 Å². The number of nitrogens with one attached hydrogen (secondary N) is 2. The number of nitrogens with two attached hydrogens (primary N) is 1. The van der Waals surface area contributed by atoms with E-state index in [-0.39, 0.29) is 18.5 Å². The number of rotatable bonds is 5. The fraction of sp³-hybridized carbons (Fsp3) is 0.500. The van der Waals surface area contributed by atoms with Gasteiger partial charge >= 0.3 is 0 Å². The molecule has 94 valence electrons. The molecule has 0 aliphatic heterocycles. The molecule has 0 aliphatic carbocycles. The number of carbonyl (C=O) groups is 1. The molecule has 0 atom stereocenters. The summed E-state index contributed by atoms with van der Waals surface area (Å²) in [5.74, 6) is 6.11. The highest BCUT2D eigenvalue weighted by Crippen LogP contribution is 2.08. The van der Waals surface area contributed by atoms with Crippen LogP contribution in [0.2, 0.25) is 0 Å². The summed E-state index contributed by atoms with van der Waals surface area (Å²) in [4.78, 5) is 21.3. The molecular weight excluding hydrogens is 220 g/mol. The zero-order valence-corrected chi connectivity index (χ0v) is 10.3. The van der Waals surface area contributed by atoms with E-state index in [9.17, 15) is 4.79 Å². The molecule has 1 rings (SSSR count). The highest BCUT2D eigenvalue weighted by atomic mass is 16.2. The summed E-state index contributed by atoms with van der Waals surface area (Å²) in [6.45, 7) is 4.07. The Hall–Kier alpha value is -1.89. The molecular formula is C10H18N6O. The van der Waals surface area contributed by atoms with Gasteiger partial charge in [-0.05, 0) is 19.9 Å².